The fourth-order valence-electron chi connectivity index (χ4n) is 1.72. The Morgan fingerprint density at radius 2 is 2.17 bits per heavy atom. The van der Waals surface area contributed by atoms with E-state index in [0.29, 0.717) is 24.1 Å². The fraction of sp³-hybridized carbons (Fsp3) is 1.00. The van der Waals surface area contributed by atoms with Gasteiger partial charge < -0.3 is 10.1 Å². The molecule has 2 nitrogen and oxygen atoms in total. The van der Waals surface area contributed by atoms with Gasteiger partial charge in [0.15, 0.2) is 0 Å². The second kappa shape index (κ2) is 4.24. The molecule has 2 heteroatoms. The number of morpholine rings is 1. The Bertz CT molecular complexity index is 136. The van der Waals surface area contributed by atoms with Crippen molar-refractivity contribution >= 4 is 0 Å². The monoisotopic (exact) mass is 171 g/mol. The van der Waals surface area contributed by atoms with E-state index in [9.17, 15) is 0 Å². The lowest BCUT2D eigenvalue weighted by Gasteiger charge is -2.37. The molecule has 1 heterocycles. The average molecular weight is 171 g/mol. The summed E-state index contributed by atoms with van der Waals surface area (Å²) in [5.41, 5.74) is 0. The molecule has 3 unspecified atom stereocenters. The third-order valence-corrected chi connectivity index (χ3v) is 2.73. The number of nitrogens with one attached hydrogen (secondary N) is 1. The zero-order valence-corrected chi connectivity index (χ0v) is 8.63. The summed E-state index contributed by atoms with van der Waals surface area (Å²) in [6.45, 7) is 9.74. The van der Waals surface area contributed by atoms with Crippen LogP contribution in [-0.4, -0.2) is 24.8 Å². The average Bonchev–Trinajstić information content (AvgIpc) is 2.04. The molecular formula is C10H21NO. The Hall–Kier alpha value is -0.0800. The van der Waals surface area contributed by atoms with E-state index in [1.54, 1.807) is 0 Å². The van der Waals surface area contributed by atoms with E-state index < -0.39 is 0 Å². The van der Waals surface area contributed by atoms with Gasteiger partial charge in [-0.25, -0.2) is 0 Å². The third-order valence-electron chi connectivity index (χ3n) is 2.73. The lowest BCUT2D eigenvalue weighted by molar-refractivity contribution is -0.0334. The Balaban J connectivity index is 2.40. The van der Waals surface area contributed by atoms with E-state index in [0.717, 1.165) is 13.0 Å². The number of ether oxygens (including phenoxy) is 1. The largest absolute Gasteiger partial charge is 0.375 e. The maximum absolute atomic E-state index is 5.75. The summed E-state index contributed by atoms with van der Waals surface area (Å²) in [5.74, 6) is 0.672. The summed E-state index contributed by atoms with van der Waals surface area (Å²) >= 11 is 0. The summed E-state index contributed by atoms with van der Waals surface area (Å²) in [7, 11) is 0. The molecule has 1 fully saturated rings. The van der Waals surface area contributed by atoms with Gasteiger partial charge in [-0.2, -0.15) is 0 Å². The number of rotatable bonds is 2. The molecule has 3 atom stereocenters. The highest BCUT2D eigenvalue weighted by molar-refractivity contribution is 4.83. The first-order chi connectivity index (χ1) is 5.65. The predicted molar refractivity (Wildman–Crippen MR) is 51.3 cm³/mol. The Kier molecular flexibility index (Phi) is 3.53. The summed E-state index contributed by atoms with van der Waals surface area (Å²) in [5, 5.41) is 3.59. The van der Waals surface area contributed by atoms with Crippen molar-refractivity contribution in [3.8, 4) is 0 Å². The molecule has 1 rings (SSSR count). The molecular weight excluding hydrogens is 150 g/mol. The van der Waals surface area contributed by atoms with Crippen molar-refractivity contribution in [1.82, 2.24) is 5.32 Å². The molecule has 0 aromatic rings. The molecule has 1 aliphatic heterocycles. The van der Waals surface area contributed by atoms with Crippen LogP contribution in [0.3, 0.4) is 0 Å². The molecule has 1 aliphatic rings. The molecule has 0 bridgehead atoms. The fourth-order valence-corrected chi connectivity index (χ4v) is 1.72. The van der Waals surface area contributed by atoms with E-state index >= 15 is 0 Å². The van der Waals surface area contributed by atoms with Crippen LogP contribution >= 0.6 is 0 Å². The van der Waals surface area contributed by atoms with Gasteiger partial charge in [0, 0.05) is 12.1 Å². The summed E-state index contributed by atoms with van der Waals surface area (Å²) in [6.07, 6.45) is 1.53. The highest BCUT2D eigenvalue weighted by atomic mass is 16.5. The standard InChI is InChI=1S/C10H21NO/c1-5-10-8(4)11-9(6-12-10)7(2)3/h7-11H,5-6H2,1-4H3. The molecule has 72 valence electrons. The first-order valence-corrected chi connectivity index (χ1v) is 5.02. The van der Waals surface area contributed by atoms with Gasteiger partial charge in [-0.3, -0.25) is 0 Å². The van der Waals surface area contributed by atoms with Crippen LogP contribution < -0.4 is 5.32 Å². The number of hydrogen-bond donors (Lipinski definition) is 1. The molecule has 0 aliphatic carbocycles. The zero-order chi connectivity index (χ0) is 9.14. The van der Waals surface area contributed by atoms with Gasteiger partial charge in [-0.05, 0) is 19.3 Å². The Morgan fingerprint density at radius 3 is 2.58 bits per heavy atom. The van der Waals surface area contributed by atoms with Crippen LogP contribution in [0, 0.1) is 5.92 Å². The molecule has 1 saturated heterocycles. The molecule has 0 amide bonds. The SMILES string of the molecule is CCC1OCC(C(C)C)NC1C. The van der Waals surface area contributed by atoms with Crippen LogP contribution in [0.2, 0.25) is 0 Å². The maximum Gasteiger partial charge on any atom is 0.0723 e. The molecule has 0 spiro atoms. The van der Waals surface area contributed by atoms with Gasteiger partial charge in [-0.15, -0.1) is 0 Å². The van der Waals surface area contributed by atoms with Crippen LogP contribution in [0.25, 0.3) is 0 Å². The zero-order valence-electron chi connectivity index (χ0n) is 8.63. The van der Waals surface area contributed by atoms with Gasteiger partial charge in [0.25, 0.3) is 0 Å². The van der Waals surface area contributed by atoms with E-state index in [-0.39, 0.29) is 0 Å². The molecule has 0 aromatic heterocycles. The van der Waals surface area contributed by atoms with Gasteiger partial charge >= 0.3 is 0 Å². The van der Waals surface area contributed by atoms with Crippen LogP contribution in [-0.2, 0) is 4.74 Å². The summed E-state index contributed by atoms with van der Waals surface area (Å²) < 4.78 is 5.75. The minimum absolute atomic E-state index is 0.417. The normalized spacial score (nSPS) is 37.2. The van der Waals surface area contributed by atoms with Crippen LogP contribution in [0.5, 0.6) is 0 Å². The van der Waals surface area contributed by atoms with Crippen LogP contribution in [0.4, 0.5) is 0 Å². The highest BCUT2D eigenvalue weighted by Crippen LogP contribution is 2.15. The highest BCUT2D eigenvalue weighted by Gasteiger charge is 2.27. The predicted octanol–water partition coefficient (Wildman–Crippen LogP) is 1.80. The van der Waals surface area contributed by atoms with Crippen molar-refractivity contribution < 1.29 is 4.74 Å². The second-order valence-electron chi connectivity index (χ2n) is 4.09. The van der Waals surface area contributed by atoms with Gasteiger partial charge in [0.1, 0.15) is 0 Å². The van der Waals surface area contributed by atoms with E-state index in [2.05, 4.69) is 33.0 Å². The van der Waals surface area contributed by atoms with Crippen molar-refractivity contribution in [3.05, 3.63) is 0 Å². The maximum atomic E-state index is 5.75. The van der Waals surface area contributed by atoms with Crippen molar-refractivity contribution in [2.75, 3.05) is 6.61 Å². The van der Waals surface area contributed by atoms with Crippen LogP contribution in [0.15, 0.2) is 0 Å². The van der Waals surface area contributed by atoms with Crippen molar-refractivity contribution in [3.63, 3.8) is 0 Å². The molecule has 0 aromatic carbocycles. The van der Waals surface area contributed by atoms with Crippen molar-refractivity contribution in [2.45, 2.75) is 52.3 Å². The first-order valence-electron chi connectivity index (χ1n) is 5.02. The minimum atomic E-state index is 0.417. The van der Waals surface area contributed by atoms with Crippen molar-refractivity contribution in [2.24, 2.45) is 5.92 Å². The van der Waals surface area contributed by atoms with Gasteiger partial charge in [-0.1, -0.05) is 20.8 Å². The van der Waals surface area contributed by atoms with Gasteiger partial charge in [0.2, 0.25) is 0 Å². The summed E-state index contributed by atoms with van der Waals surface area (Å²) in [4.78, 5) is 0. The topological polar surface area (TPSA) is 21.3 Å². The minimum Gasteiger partial charge on any atom is -0.375 e. The Labute approximate surface area is 75.7 Å². The lowest BCUT2D eigenvalue weighted by atomic mass is 9.99. The molecule has 1 N–H and O–H groups in total. The van der Waals surface area contributed by atoms with Gasteiger partial charge in [0.05, 0.1) is 12.7 Å². The lowest BCUT2D eigenvalue weighted by Crippen LogP contribution is -2.54. The number of hydrogen-bond acceptors (Lipinski definition) is 2. The molecule has 0 radical (unpaired) electrons. The smallest absolute Gasteiger partial charge is 0.0723 e. The Morgan fingerprint density at radius 1 is 1.50 bits per heavy atom. The first kappa shape index (κ1) is 10.0. The van der Waals surface area contributed by atoms with E-state index in [1.807, 2.05) is 0 Å². The van der Waals surface area contributed by atoms with E-state index in [1.165, 1.54) is 0 Å². The van der Waals surface area contributed by atoms with Crippen LogP contribution in [0.1, 0.15) is 34.1 Å². The molecule has 0 saturated carbocycles. The summed E-state index contributed by atoms with van der Waals surface area (Å²) in [6, 6.07) is 1.05. The van der Waals surface area contributed by atoms with E-state index in [4.69, 9.17) is 4.74 Å². The second-order valence-corrected chi connectivity index (χ2v) is 4.09. The molecule has 12 heavy (non-hydrogen) atoms. The van der Waals surface area contributed by atoms with Crippen molar-refractivity contribution in [1.29, 1.82) is 0 Å². The third kappa shape index (κ3) is 2.20. The quantitative estimate of drug-likeness (QED) is 0.684.